The Kier molecular flexibility index (Phi) is 4.85. The first-order valence-electron chi connectivity index (χ1n) is 10.7. The molecule has 0 amide bonds. The van der Waals surface area contributed by atoms with Gasteiger partial charge >= 0.3 is 0 Å². The van der Waals surface area contributed by atoms with Gasteiger partial charge in [0.2, 0.25) is 0 Å². The SMILES string of the molecule is CC(C)c1ncc2n1-c1ncccc1NC21CCC(C(=O)c2ccc(Cl)cc2F)CC1. The minimum atomic E-state index is -0.548. The summed E-state index contributed by atoms with van der Waals surface area (Å²) in [7, 11) is 0. The summed E-state index contributed by atoms with van der Waals surface area (Å²) in [5, 5.41) is 4.01. The number of nitrogens with zero attached hydrogens (tertiary/aromatic N) is 3. The quantitative estimate of drug-likeness (QED) is 0.519. The molecule has 1 N–H and O–H groups in total. The molecule has 2 aliphatic rings. The minimum absolute atomic E-state index is 0.128. The molecule has 1 aliphatic heterocycles. The maximum Gasteiger partial charge on any atom is 0.168 e. The van der Waals surface area contributed by atoms with Crippen molar-refractivity contribution in [1.29, 1.82) is 0 Å². The van der Waals surface area contributed by atoms with Crippen molar-refractivity contribution in [3.05, 3.63) is 70.6 Å². The number of hydrogen-bond acceptors (Lipinski definition) is 4. The van der Waals surface area contributed by atoms with Crippen LogP contribution < -0.4 is 5.32 Å². The van der Waals surface area contributed by atoms with E-state index < -0.39 is 5.82 Å². The highest BCUT2D eigenvalue weighted by Gasteiger charge is 2.45. The lowest BCUT2D eigenvalue weighted by Crippen LogP contribution is -2.45. The molecule has 0 radical (unpaired) electrons. The lowest BCUT2D eigenvalue weighted by atomic mass is 9.72. The maximum atomic E-state index is 14.3. The topological polar surface area (TPSA) is 59.8 Å². The first kappa shape index (κ1) is 20.2. The van der Waals surface area contributed by atoms with Gasteiger partial charge < -0.3 is 5.32 Å². The molecular formula is C24H24ClFN4O. The zero-order valence-electron chi connectivity index (χ0n) is 17.5. The number of pyridine rings is 1. The van der Waals surface area contributed by atoms with Gasteiger partial charge in [-0.3, -0.25) is 9.36 Å². The van der Waals surface area contributed by atoms with Gasteiger partial charge in [0.05, 0.1) is 28.7 Å². The highest BCUT2D eigenvalue weighted by molar-refractivity contribution is 6.30. The van der Waals surface area contributed by atoms with Crippen LogP contribution in [-0.4, -0.2) is 20.3 Å². The third kappa shape index (κ3) is 3.24. The molecule has 0 saturated heterocycles. The lowest BCUT2D eigenvalue weighted by molar-refractivity contribution is 0.0860. The number of aromatic nitrogens is 3. The van der Waals surface area contributed by atoms with Gasteiger partial charge in [0, 0.05) is 23.1 Å². The average Bonchev–Trinajstić information content (AvgIpc) is 3.21. The molecule has 1 fully saturated rings. The van der Waals surface area contributed by atoms with Gasteiger partial charge in [-0.1, -0.05) is 25.4 Å². The Balaban J connectivity index is 1.46. The number of fused-ring (bicyclic) bond motifs is 4. The molecule has 5 nitrogen and oxygen atoms in total. The molecule has 3 aromatic rings. The zero-order chi connectivity index (χ0) is 21.8. The average molecular weight is 439 g/mol. The summed E-state index contributed by atoms with van der Waals surface area (Å²) < 4.78 is 16.5. The van der Waals surface area contributed by atoms with Gasteiger partial charge in [0.25, 0.3) is 0 Å². The molecule has 7 heteroatoms. The summed E-state index contributed by atoms with van der Waals surface area (Å²) in [5.74, 6) is 1.21. The lowest BCUT2D eigenvalue weighted by Gasteiger charge is -2.44. The van der Waals surface area contributed by atoms with Crippen LogP contribution in [-0.2, 0) is 5.54 Å². The molecule has 1 saturated carbocycles. The standard InChI is InChI=1S/C24H24ClFN4O/c1-14(2)22-28-13-20-24(29-19-4-3-11-27-23(19)30(20)22)9-7-15(8-10-24)21(31)17-6-5-16(25)12-18(17)26/h3-6,11-15,29H,7-10H2,1-2H3. The Bertz CT molecular complexity index is 1160. The van der Waals surface area contributed by atoms with E-state index in [2.05, 4.69) is 28.7 Å². The van der Waals surface area contributed by atoms with Crippen LogP contribution in [0.5, 0.6) is 0 Å². The number of hydrogen-bond donors (Lipinski definition) is 1. The maximum absolute atomic E-state index is 14.3. The molecule has 1 aliphatic carbocycles. The molecule has 1 aromatic carbocycles. The van der Waals surface area contributed by atoms with Crippen LogP contribution in [0, 0.1) is 11.7 Å². The summed E-state index contributed by atoms with van der Waals surface area (Å²) in [6.07, 6.45) is 6.60. The van der Waals surface area contributed by atoms with E-state index in [1.165, 1.54) is 12.1 Å². The van der Waals surface area contributed by atoms with Crippen molar-refractivity contribution in [3.8, 4) is 5.82 Å². The number of carbonyl (C=O) groups excluding carboxylic acids is 1. The Labute approximate surface area is 185 Å². The third-order valence-electron chi connectivity index (χ3n) is 6.57. The smallest absolute Gasteiger partial charge is 0.168 e. The summed E-state index contributed by atoms with van der Waals surface area (Å²) >= 11 is 5.85. The number of anilines is 1. The van der Waals surface area contributed by atoms with E-state index in [1.807, 2.05) is 18.3 Å². The van der Waals surface area contributed by atoms with E-state index in [9.17, 15) is 9.18 Å². The molecule has 160 valence electrons. The van der Waals surface area contributed by atoms with E-state index in [0.29, 0.717) is 17.9 Å². The predicted molar refractivity (Wildman–Crippen MR) is 118 cm³/mol. The van der Waals surface area contributed by atoms with Crippen LogP contribution in [0.4, 0.5) is 10.1 Å². The molecule has 3 heterocycles. The minimum Gasteiger partial charge on any atom is -0.371 e. The van der Waals surface area contributed by atoms with Crippen molar-refractivity contribution < 1.29 is 9.18 Å². The molecule has 0 unspecified atom stereocenters. The van der Waals surface area contributed by atoms with Gasteiger partial charge in [-0.2, -0.15) is 0 Å². The number of carbonyl (C=O) groups is 1. The van der Waals surface area contributed by atoms with Gasteiger partial charge in [0.1, 0.15) is 11.6 Å². The van der Waals surface area contributed by atoms with Gasteiger partial charge in [-0.25, -0.2) is 14.4 Å². The predicted octanol–water partition coefficient (Wildman–Crippen LogP) is 5.88. The van der Waals surface area contributed by atoms with E-state index in [4.69, 9.17) is 16.6 Å². The molecule has 5 rings (SSSR count). The van der Waals surface area contributed by atoms with Crippen LogP contribution in [0.2, 0.25) is 5.02 Å². The normalized spacial score (nSPS) is 22.2. The fourth-order valence-electron chi connectivity index (χ4n) is 4.99. The number of benzene rings is 1. The second kappa shape index (κ2) is 7.45. The highest BCUT2D eigenvalue weighted by Crippen LogP contribution is 2.47. The molecule has 0 bridgehead atoms. The Morgan fingerprint density at radius 3 is 2.74 bits per heavy atom. The van der Waals surface area contributed by atoms with Crippen LogP contribution >= 0.6 is 11.6 Å². The second-order valence-corrected chi connectivity index (χ2v) is 9.27. The summed E-state index contributed by atoms with van der Waals surface area (Å²) in [4.78, 5) is 22.3. The van der Waals surface area contributed by atoms with Crippen LogP contribution in [0.3, 0.4) is 0 Å². The number of ketones is 1. The van der Waals surface area contributed by atoms with Crippen molar-refractivity contribution in [3.63, 3.8) is 0 Å². The van der Waals surface area contributed by atoms with Crippen LogP contribution in [0.25, 0.3) is 5.82 Å². The first-order chi connectivity index (χ1) is 14.9. The van der Waals surface area contributed by atoms with Crippen molar-refractivity contribution in [1.82, 2.24) is 14.5 Å². The number of imidazole rings is 1. The van der Waals surface area contributed by atoms with Gasteiger partial charge in [-0.15, -0.1) is 0 Å². The molecule has 31 heavy (non-hydrogen) atoms. The van der Waals surface area contributed by atoms with Crippen molar-refractivity contribution in [2.24, 2.45) is 5.92 Å². The van der Waals surface area contributed by atoms with Crippen LogP contribution in [0.1, 0.15) is 67.3 Å². The second-order valence-electron chi connectivity index (χ2n) is 8.84. The molecule has 0 atom stereocenters. The molecular weight excluding hydrogens is 415 g/mol. The molecule has 1 spiro atoms. The van der Waals surface area contributed by atoms with E-state index in [0.717, 1.165) is 35.9 Å². The highest BCUT2D eigenvalue weighted by atomic mass is 35.5. The first-order valence-corrected chi connectivity index (χ1v) is 11.1. The fraction of sp³-hybridized carbons (Fsp3) is 0.375. The molecule has 2 aromatic heterocycles. The van der Waals surface area contributed by atoms with Crippen molar-refractivity contribution in [2.75, 3.05) is 5.32 Å². The largest absolute Gasteiger partial charge is 0.371 e. The number of halogens is 2. The van der Waals surface area contributed by atoms with E-state index >= 15 is 0 Å². The number of Topliss-reactive ketones (excluding diaryl/α,β-unsaturated/α-hetero) is 1. The number of nitrogens with one attached hydrogen (secondary N) is 1. The summed E-state index contributed by atoms with van der Waals surface area (Å²) in [6, 6.07) is 8.24. The van der Waals surface area contributed by atoms with Gasteiger partial charge in [-0.05, 0) is 56.0 Å². The Morgan fingerprint density at radius 2 is 2.03 bits per heavy atom. The Morgan fingerprint density at radius 1 is 1.26 bits per heavy atom. The summed E-state index contributed by atoms with van der Waals surface area (Å²) in [6.45, 7) is 4.26. The third-order valence-corrected chi connectivity index (χ3v) is 6.81. The monoisotopic (exact) mass is 438 g/mol. The van der Waals surface area contributed by atoms with Crippen molar-refractivity contribution in [2.45, 2.75) is 51.0 Å². The fourth-order valence-corrected chi connectivity index (χ4v) is 5.15. The van der Waals surface area contributed by atoms with E-state index in [1.54, 1.807) is 12.3 Å². The number of rotatable bonds is 3. The summed E-state index contributed by atoms with van der Waals surface area (Å²) in [5.41, 5.74) is 1.88. The van der Waals surface area contributed by atoms with Crippen molar-refractivity contribution >= 4 is 23.1 Å². The van der Waals surface area contributed by atoms with Gasteiger partial charge in [0.15, 0.2) is 11.6 Å². The Hall–Kier alpha value is -2.73. The van der Waals surface area contributed by atoms with E-state index in [-0.39, 0.29) is 28.7 Å². The van der Waals surface area contributed by atoms with Crippen LogP contribution in [0.15, 0.2) is 42.7 Å². The zero-order valence-corrected chi connectivity index (χ0v) is 18.3.